The number of imide groups is 1. The first-order chi connectivity index (χ1) is 8.24. The molecule has 1 N–H and O–H groups in total. The van der Waals surface area contributed by atoms with Crippen molar-refractivity contribution in [2.24, 2.45) is 11.8 Å². The Hall–Kier alpha value is -1.68. The van der Waals surface area contributed by atoms with Crippen LogP contribution in [0.1, 0.15) is 5.56 Å². The minimum Gasteiger partial charge on any atom is -0.297 e. The van der Waals surface area contributed by atoms with Crippen molar-refractivity contribution in [3.63, 3.8) is 0 Å². The third kappa shape index (κ3) is 1.85. The van der Waals surface area contributed by atoms with Crippen LogP contribution in [0.25, 0.3) is 0 Å². The smallest absolute Gasteiger partial charge is 0.231 e. The second-order valence-electron chi connectivity index (χ2n) is 4.75. The fraction of sp³-hybridized carbons (Fsp3) is 0.385. The summed E-state index contributed by atoms with van der Waals surface area (Å²) in [5.41, 5.74) is 1.22. The molecule has 2 amide bonds. The van der Waals surface area contributed by atoms with E-state index in [-0.39, 0.29) is 23.7 Å². The molecule has 4 nitrogen and oxygen atoms in total. The van der Waals surface area contributed by atoms with E-state index < -0.39 is 0 Å². The van der Waals surface area contributed by atoms with Crippen molar-refractivity contribution in [2.75, 3.05) is 13.1 Å². The van der Waals surface area contributed by atoms with Gasteiger partial charge in [0, 0.05) is 19.6 Å². The molecule has 0 bridgehead atoms. The van der Waals surface area contributed by atoms with Crippen molar-refractivity contribution in [3.05, 3.63) is 35.9 Å². The van der Waals surface area contributed by atoms with Gasteiger partial charge < -0.3 is 0 Å². The summed E-state index contributed by atoms with van der Waals surface area (Å²) < 4.78 is 0. The third-order valence-corrected chi connectivity index (χ3v) is 3.56. The topological polar surface area (TPSA) is 49.4 Å². The summed E-state index contributed by atoms with van der Waals surface area (Å²) in [6, 6.07) is 10.1. The Morgan fingerprint density at radius 3 is 2.24 bits per heavy atom. The van der Waals surface area contributed by atoms with Crippen molar-refractivity contribution >= 4 is 11.8 Å². The van der Waals surface area contributed by atoms with Crippen LogP contribution in [0.5, 0.6) is 0 Å². The van der Waals surface area contributed by atoms with Gasteiger partial charge in [-0.15, -0.1) is 0 Å². The van der Waals surface area contributed by atoms with Gasteiger partial charge in [0.15, 0.2) is 0 Å². The maximum Gasteiger partial charge on any atom is 0.231 e. The number of carbonyl (C=O) groups is 2. The van der Waals surface area contributed by atoms with E-state index in [2.05, 4.69) is 22.3 Å². The number of nitrogens with zero attached hydrogens (tertiary/aromatic N) is 1. The van der Waals surface area contributed by atoms with Gasteiger partial charge in [-0.25, -0.2) is 0 Å². The number of hydrogen-bond donors (Lipinski definition) is 1. The van der Waals surface area contributed by atoms with Crippen LogP contribution in [0.4, 0.5) is 0 Å². The summed E-state index contributed by atoms with van der Waals surface area (Å²) in [6.07, 6.45) is 0. The van der Waals surface area contributed by atoms with Crippen LogP contribution in [0.3, 0.4) is 0 Å². The van der Waals surface area contributed by atoms with Crippen LogP contribution in [-0.4, -0.2) is 29.8 Å². The van der Waals surface area contributed by atoms with E-state index in [1.165, 1.54) is 5.56 Å². The van der Waals surface area contributed by atoms with Crippen LogP contribution in [0.15, 0.2) is 30.3 Å². The molecule has 0 spiro atoms. The summed E-state index contributed by atoms with van der Waals surface area (Å²) in [5, 5.41) is 2.40. The van der Waals surface area contributed by atoms with E-state index >= 15 is 0 Å². The highest BCUT2D eigenvalue weighted by Gasteiger charge is 2.47. The van der Waals surface area contributed by atoms with Gasteiger partial charge in [0.25, 0.3) is 0 Å². The Bertz CT molecular complexity index is 436. The summed E-state index contributed by atoms with van der Waals surface area (Å²) in [5.74, 6) is -0.469. The van der Waals surface area contributed by atoms with E-state index in [0.717, 1.165) is 6.54 Å². The second kappa shape index (κ2) is 3.96. The molecule has 2 aliphatic rings. The zero-order chi connectivity index (χ0) is 11.8. The van der Waals surface area contributed by atoms with Crippen LogP contribution in [0.2, 0.25) is 0 Å². The number of carbonyl (C=O) groups excluding carboxylic acids is 2. The number of likely N-dealkylation sites (tertiary alicyclic amines) is 1. The van der Waals surface area contributed by atoms with Gasteiger partial charge >= 0.3 is 0 Å². The highest BCUT2D eigenvalue weighted by molar-refractivity contribution is 6.05. The van der Waals surface area contributed by atoms with Crippen molar-refractivity contribution in [1.29, 1.82) is 0 Å². The fourth-order valence-electron chi connectivity index (χ4n) is 2.69. The average Bonchev–Trinajstić information content (AvgIpc) is 2.83. The predicted molar refractivity (Wildman–Crippen MR) is 61.8 cm³/mol. The van der Waals surface area contributed by atoms with Gasteiger partial charge in [0.05, 0.1) is 11.8 Å². The van der Waals surface area contributed by atoms with Gasteiger partial charge in [-0.2, -0.15) is 0 Å². The Kier molecular flexibility index (Phi) is 2.44. The molecular formula is C13H14N2O2. The maximum absolute atomic E-state index is 11.5. The first-order valence-corrected chi connectivity index (χ1v) is 5.85. The molecule has 17 heavy (non-hydrogen) atoms. The average molecular weight is 230 g/mol. The van der Waals surface area contributed by atoms with Crippen molar-refractivity contribution in [2.45, 2.75) is 6.54 Å². The Balaban J connectivity index is 1.69. The molecule has 0 radical (unpaired) electrons. The van der Waals surface area contributed by atoms with E-state index in [1.807, 2.05) is 18.2 Å². The molecule has 0 aromatic heterocycles. The maximum atomic E-state index is 11.5. The zero-order valence-corrected chi connectivity index (χ0v) is 9.43. The van der Waals surface area contributed by atoms with Gasteiger partial charge in [0.2, 0.25) is 11.8 Å². The lowest BCUT2D eigenvalue weighted by molar-refractivity contribution is -0.126. The van der Waals surface area contributed by atoms with E-state index in [4.69, 9.17) is 0 Å². The lowest BCUT2D eigenvalue weighted by Crippen LogP contribution is -2.31. The molecule has 1 aromatic rings. The molecule has 3 rings (SSSR count). The molecule has 2 heterocycles. The molecular weight excluding hydrogens is 216 g/mol. The SMILES string of the molecule is O=C1NC(=O)[C@@H]2CN(Cc3ccccc3)C[C@@H]12. The summed E-state index contributed by atoms with van der Waals surface area (Å²) in [4.78, 5) is 25.2. The van der Waals surface area contributed by atoms with E-state index in [1.54, 1.807) is 0 Å². The van der Waals surface area contributed by atoms with Gasteiger partial charge in [-0.1, -0.05) is 30.3 Å². The molecule has 0 unspecified atom stereocenters. The molecule has 2 fully saturated rings. The molecule has 2 aliphatic heterocycles. The van der Waals surface area contributed by atoms with Crippen LogP contribution < -0.4 is 5.32 Å². The predicted octanol–water partition coefficient (Wildman–Crippen LogP) is 0.391. The lowest BCUT2D eigenvalue weighted by Gasteiger charge is -2.16. The number of hydrogen-bond acceptors (Lipinski definition) is 3. The van der Waals surface area contributed by atoms with Crippen molar-refractivity contribution in [1.82, 2.24) is 10.2 Å². The normalized spacial score (nSPS) is 28.2. The monoisotopic (exact) mass is 230 g/mol. The van der Waals surface area contributed by atoms with Gasteiger partial charge in [0.1, 0.15) is 0 Å². The Morgan fingerprint density at radius 2 is 1.65 bits per heavy atom. The quantitative estimate of drug-likeness (QED) is 0.748. The summed E-state index contributed by atoms with van der Waals surface area (Å²) in [6.45, 7) is 2.20. The lowest BCUT2D eigenvalue weighted by atomic mass is 10.00. The van der Waals surface area contributed by atoms with Crippen LogP contribution in [0, 0.1) is 11.8 Å². The summed E-state index contributed by atoms with van der Waals surface area (Å²) >= 11 is 0. The first-order valence-electron chi connectivity index (χ1n) is 5.85. The van der Waals surface area contributed by atoms with Gasteiger partial charge in [-0.05, 0) is 5.56 Å². The Morgan fingerprint density at radius 1 is 1.06 bits per heavy atom. The minimum atomic E-state index is -0.133. The molecule has 0 aliphatic carbocycles. The highest BCUT2D eigenvalue weighted by atomic mass is 16.2. The highest BCUT2D eigenvalue weighted by Crippen LogP contribution is 2.29. The number of rotatable bonds is 2. The third-order valence-electron chi connectivity index (χ3n) is 3.56. The molecule has 4 heteroatoms. The van der Waals surface area contributed by atoms with Crippen LogP contribution in [-0.2, 0) is 16.1 Å². The number of benzene rings is 1. The number of fused-ring (bicyclic) bond motifs is 1. The minimum absolute atomic E-state index is 0.101. The van der Waals surface area contributed by atoms with E-state index in [9.17, 15) is 9.59 Å². The van der Waals surface area contributed by atoms with Crippen LogP contribution >= 0.6 is 0 Å². The second-order valence-corrected chi connectivity index (χ2v) is 4.75. The molecule has 1 aromatic carbocycles. The molecule has 2 saturated heterocycles. The molecule has 88 valence electrons. The summed E-state index contributed by atoms with van der Waals surface area (Å²) in [7, 11) is 0. The molecule has 2 atom stereocenters. The number of nitrogens with one attached hydrogen (secondary N) is 1. The number of amides is 2. The zero-order valence-electron chi connectivity index (χ0n) is 9.43. The van der Waals surface area contributed by atoms with Gasteiger partial charge in [-0.3, -0.25) is 19.8 Å². The molecule has 0 saturated carbocycles. The van der Waals surface area contributed by atoms with Crippen molar-refractivity contribution < 1.29 is 9.59 Å². The Labute approximate surface area is 99.6 Å². The standard InChI is InChI=1S/C13H14N2O2/c16-12-10-7-15(8-11(10)13(17)14-12)6-9-4-2-1-3-5-9/h1-5,10-11H,6-8H2,(H,14,16,17)/t10-,11-/m1/s1. The van der Waals surface area contributed by atoms with E-state index in [0.29, 0.717) is 13.1 Å². The first kappa shape index (κ1) is 10.5. The fourth-order valence-corrected chi connectivity index (χ4v) is 2.69. The van der Waals surface area contributed by atoms with Crippen molar-refractivity contribution in [3.8, 4) is 0 Å². The largest absolute Gasteiger partial charge is 0.297 e.